The van der Waals surface area contributed by atoms with Crippen molar-refractivity contribution < 1.29 is 14.3 Å². The molecular weight excluding hydrogens is 370 g/mol. The van der Waals surface area contributed by atoms with Gasteiger partial charge in [0, 0.05) is 50.0 Å². The van der Waals surface area contributed by atoms with E-state index < -0.39 is 11.5 Å². The molecule has 8 heteroatoms. The lowest BCUT2D eigenvalue weighted by atomic mass is 10.0. The predicted molar refractivity (Wildman–Crippen MR) is 113 cm³/mol. The largest absolute Gasteiger partial charge is 0.444 e. The van der Waals surface area contributed by atoms with Crippen molar-refractivity contribution in [2.75, 3.05) is 24.5 Å². The number of anilines is 1. The van der Waals surface area contributed by atoms with E-state index in [1.165, 1.54) is 0 Å². The fraction of sp³-hybridized carbons (Fsp3) is 0.571. The summed E-state index contributed by atoms with van der Waals surface area (Å²) >= 11 is 0. The van der Waals surface area contributed by atoms with Gasteiger partial charge >= 0.3 is 6.09 Å². The summed E-state index contributed by atoms with van der Waals surface area (Å²) in [5.74, 6) is -0.477. The normalized spacial score (nSPS) is 15.6. The van der Waals surface area contributed by atoms with Crippen LogP contribution in [0.3, 0.4) is 0 Å². The maximum Gasteiger partial charge on any atom is 0.410 e. The Morgan fingerprint density at radius 1 is 1.28 bits per heavy atom. The van der Waals surface area contributed by atoms with Gasteiger partial charge in [-0.25, -0.2) is 4.79 Å². The highest BCUT2D eigenvalue weighted by Gasteiger charge is 2.31. The average Bonchev–Trinajstić information content (AvgIpc) is 3.01. The predicted octanol–water partition coefficient (Wildman–Crippen LogP) is 2.90. The number of aryl methyl sites for hydroxylation is 1. The number of hydrogen-bond acceptors (Lipinski definition) is 5. The quantitative estimate of drug-likeness (QED) is 0.850. The summed E-state index contributed by atoms with van der Waals surface area (Å²) in [7, 11) is 1.83. The van der Waals surface area contributed by atoms with Crippen LogP contribution in [0.5, 0.6) is 0 Å². The van der Waals surface area contributed by atoms with Crippen LogP contribution in [0.15, 0.2) is 18.3 Å². The number of carbonyl (C=O) groups is 2. The van der Waals surface area contributed by atoms with E-state index in [1.807, 2.05) is 51.9 Å². The highest BCUT2D eigenvalue weighted by molar-refractivity contribution is 6.08. The molecule has 0 radical (unpaired) electrons. The number of hydrogen-bond donors (Lipinski definition) is 1. The molecule has 0 atom stereocenters. The molecule has 0 bridgehead atoms. The van der Waals surface area contributed by atoms with E-state index in [4.69, 9.17) is 10.5 Å². The molecule has 0 spiro atoms. The summed E-state index contributed by atoms with van der Waals surface area (Å²) in [6.45, 7) is 9.88. The maximum absolute atomic E-state index is 12.6. The first-order chi connectivity index (χ1) is 13.6. The zero-order chi connectivity index (χ0) is 21.3. The first kappa shape index (κ1) is 21.0. The van der Waals surface area contributed by atoms with Gasteiger partial charge in [0.1, 0.15) is 11.1 Å². The fourth-order valence-corrected chi connectivity index (χ4v) is 3.96. The highest BCUT2D eigenvalue weighted by atomic mass is 16.6. The summed E-state index contributed by atoms with van der Waals surface area (Å²) in [5.41, 5.74) is 7.10. The van der Waals surface area contributed by atoms with E-state index in [0.717, 1.165) is 37.0 Å². The second-order valence-electron chi connectivity index (χ2n) is 8.55. The molecule has 0 unspecified atom stereocenters. The van der Waals surface area contributed by atoms with Crippen LogP contribution < -0.4 is 10.6 Å². The van der Waals surface area contributed by atoms with Crippen molar-refractivity contribution in [3.63, 3.8) is 0 Å². The molecule has 0 aliphatic carbocycles. The molecule has 2 N–H and O–H groups in total. The van der Waals surface area contributed by atoms with E-state index in [-0.39, 0.29) is 12.1 Å². The van der Waals surface area contributed by atoms with Crippen molar-refractivity contribution in [2.24, 2.45) is 12.8 Å². The SMILES string of the molecule is CCN(C(=O)OC(C)(C)C)C1CCN(c2ccc(C(N)=O)c3nn(C)cc23)CC1. The standard InChI is InChI=1S/C21H31N5O3/c1-6-26(20(28)29-21(2,3)4)14-9-11-25(12-10-14)17-8-7-15(19(22)27)18-16(17)13-24(5)23-18/h7-8,13-14H,6,9-12H2,1-5H3,(H2,22,27). The summed E-state index contributed by atoms with van der Waals surface area (Å²) in [5, 5.41) is 5.34. The number of ether oxygens (including phenoxy) is 1. The molecule has 1 aliphatic rings. The number of primary amides is 1. The number of piperidine rings is 1. The topological polar surface area (TPSA) is 93.7 Å². The van der Waals surface area contributed by atoms with Crippen molar-refractivity contribution in [2.45, 2.75) is 52.2 Å². The lowest BCUT2D eigenvalue weighted by Crippen LogP contribution is -2.48. The lowest BCUT2D eigenvalue weighted by Gasteiger charge is -2.39. The molecule has 3 rings (SSSR count). The zero-order valence-corrected chi connectivity index (χ0v) is 17.9. The first-order valence-electron chi connectivity index (χ1n) is 10.1. The molecule has 158 valence electrons. The third-order valence-electron chi connectivity index (χ3n) is 5.25. The minimum absolute atomic E-state index is 0.153. The Morgan fingerprint density at radius 3 is 2.48 bits per heavy atom. The number of benzene rings is 1. The molecule has 1 fully saturated rings. The van der Waals surface area contributed by atoms with Crippen molar-refractivity contribution in [1.82, 2.24) is 14.7 Å². The molecular formula is C21H31N5O3. The van der Waals surface area contributed by atoms with E-state index in [1.54, 1.807) is 10.7 Å². The van der Waals surface area contributed by atoms with Gasteiger partial charge in [-0.15, -0.1) is 0 Å². The molecule has 29 heavy (non-hydrogen) atoms. The van der Waals surface area contributed by atoms with Gasteiger partial charge in [-0.05, 0) is 52.7 Å². The van der Waals surface area contributed by atoms with Crippen molar-refractivity contribution in [1.29, 1.82) is 0 Å². The average molecular weight is 402 g/mol. The van der Waals surface area contributed by atoms with Crippen LogP contribution in [0, 0.1) is 0 Å². The van der Waals surface area contributed by atoms with Crippen LogP contribution in [0.1, 0.15) is 50.9 Å². The zero-order valence-electron chi connectivity index (χ0n) is 17.9. The summed E-state index contributed by atoms with van der Waals surface area (Å²) in [4.78, 5) is 28.4. The van der Waals surface area contributed by atoms with Gasteiger partial charge in [-0.3, -0.25) is 9.48 Å². The van der Waals surface area contributed by atoms with Gasteiger partial charge < -0.3 is 20.3 Å². The van der Waals surface area contributed by atoms with Crippen molar-refractivity contribution >= 4 is 28.6 Å². The minimum Gasteiger partial charge on any atom is -0.444 e. The molecule has 1 aromatic heterocycles. The molecule has 2 aromatic rings. The molecule has 2 amide bonds. The highest BCUT2D eigenvalue weighted by Crippen LogP contribution is 2.31. The Morgan fingerprint density at radius 2 is 1.93 bits per heavy atom. The van der Waals surface area contributed by atoms with Crippen LogP contribution in [0.4, 0.5) is 10.5 Å². The third-order valence-corrected chi connectivity index (χ3v) is 5.25. The lowest BCUT2D eigenvalue weighted by molar-refractivity contribution is 0.0149. The summed E-state index contributed by atoms with van der Waals surface area (Å²) < 4.78 is 7.27. The first-order valence-corrected chi connectivity index (χ1v) is 10.1. The molecule has 0 saturated carbocycles. The van der Waals surface area contributed by atoms with Gasteiger partial charge in [0.2, 0.25) is 0 Å². The van der Waals surface area contributed by atoms with Crippen LogP contribution >= 0.6 is 0 Å². The number of rotatable bonds is 4. The van der Waals surface area contributed by atoms with E-state index in [0.29, 0.717) is 17.6 Å². The van der Waals surface area contributed by atoms with Crippen LogP contribution in [0.25, 0.3) is 10.9 Å². The van der Waals surface area contributed by atoms with E-state index >= 15 is 0 Å². The van der Waals surface area contributed by atoms with E-state index in [9.17, 15) is 9.59 Å². The van der Waals surface area contributed by atoms with Crippen molar-refractivity contribution in [3.05, 3.63) is 23.9 Å². The van der Waals surface area contributed by atoms with Gasteiger partial charge in [0.25, 0.3) is 5.91 Å². The number of carbonyl (C=O) groups excluding carboxylic acids is 2. The minimum atomic E-state index is -0.501. The Bertz CT molecular complexity index is 907. The number of nitrogens with two attached hydrogens (primary N) is 1. The smallest absolute Gasteiger partial charge is 0.410 e. The molecule has 8 nitrogen and oxygen atoms in total. The van der Waals surface area contributed by atoms with Crippen molar-refractivity contribution in [3.8, 4) is 0 Å². The van der Waals surface area contributed by atoms with Crippen LogP contribution in [-0.4, -0.2) is 58.0 Å². The Hall–Kier alpha value is -2.77. The summed E-state index contributed by atoms with van der Waals surface area (Å²) in [6, 6.07) is 3.84. The van der Waals surface area contributed by atoms with Gasteiger partial charge in [-0.1, -0.05) is 0 Å². The Balaban J connectivity index is 1.76. The monoisotopic (exact) mass is 401 g/mol. The number of aromatic nitrogens is 2. The molecule has 2 heterocycles. The Kier molecular flexibility index (Phi) is 5.73. The summed E-state index contributed by atoms with van der Waals surface area (Å²) in [6.07, 6.45) is 3.38. The second-order valence-corrected chi connectivity index (χ2v) is 8.55. The number of amides is 2. The van der Waals surface area contributed by atoms with Gasteiger partial charge in [-0.2, -0.15) is 5.10 Å². The molecule has 1 aliphatic heterocycles. The fourth-order valence-electron chi connectivity index (χ4n) is 3.96. The Labute approximate surface area is 171 Å². The number of fused-ring (bicyclic) bond motifs is 1. The second kappa shape index (κ2) is 7.93. The maximum atomic E-state index is 12.6. The third kappa shape index (κ3) is 4.46. The molecule has 1 aromatic carbocycles. The van der Waals surface area contributed by atoms with Gasteiger partial charge in [0.05, 0.1) is 5.56 Å². The van der Waals surface area contributed by atoms with Crippen LogP contribution in [0.2, 0.25) is 0 Å². The van der Waals surface area contributed by atoms with E-state index in [2.05, 4.69) is 10.00 Å². The van der Waals surface area contributed by atoms with Crippen LogP contribution in [-0.2, 0) is 11.8 Å². The van der Waals surface area contributed by atoms with Gasteiger partial charge in [0.15, 0.2) is 0 Å². The molecule has 1 saturated heterocycles. The number of nitrogens with zero attached hydrogens (tertiary/aromatic N) is 4.